The molecule has 1 aromatic carbocycles. The Bertz CT molecular complexity index is 1100. The van der Waals surface area contributed by atoms with Gasteiger partial charge in [-0.15, -0.1) is 10.2 Å². The van der Waals surface area contributed by atoms with Crippen molar-refractivity contribution >= 4 is 0 Å². The van der Waals surface area contributed by atoms with E-state index in [1.807, 2.05) is 12.5 Å². The molecule has 0 radical (unpaired) electrons. The highest BCUT2D eigenvalue weighted by Crippen LogP contribution is 2.59. The minimum atomic E-state index is -4.94. The Hall–Kier alpha value is -2.94. The van der Waals surface area contributed by atoms with Crippen LogP contribution in [-0.4, -0.2) is 0 Å². The maximum atomic E-state index is 8.49. The zero-order valence-corrected chi connectivity index (χ0v) is 17.0. The van der Waals surface area contributed by atoms with Crippen LogP contribution in [0.4, 0.5) is 0 Å². The van der Waals surface area contributed by atoms with E-state index >= 15 is 0 Å². The first-order valence-corrected chi connectivity index (χ1v) is 10.9. The smallest absolute Gasteiger partial charge is 0.190 e. The Morgan fingerprint density at radius 2 is 1.39 bits per heavy atom. The van der Waals surface area contributed by atoms with E-state index in [1.165, 1.54) is 27.9 Å². The molecule has 0 saturated carbocycles. The maximum absolute atomic E-state index is 8.49. The van der Waals surface area contributed by atoms with Crippen molar-refractivity contribution in [1.29, 1.82) is 0 Å². The summed E-state index contributed by atoms with van der Waals surface area (Å²) in [7, 11) is -4.94. The molecule has 1 aliphatic carbocycles. The van der Waals surface area contributed by atoms with Crippen LogP contribution in [0.25, 0.3) is 0 Å². The highest BCUT2D eigenvalue weighted by Gasteiger charge is 2.59. The van der Waals surface area contributed by atoms with Crippen molar-refractivity contribution in [2.45, 2.75) is 23.8 Å². The Kier molecular flexibility index (Phi) is 4.73. The molecule has 0 spiro atoms. The zero-order chi connectivity index (χ0) is 21.6. The van der Waals surface area contributed by atoms with Gasteiger partial charge in [-0.1, -0.05) is 30.3 Å². The van der Waals surface area contributed by atoms with E-state index in [1.54, 1.807) is 12.5 Å². The normalized spacial score (nSPS) is 20.4. The standard InChI is InChI=1S/C23H18NO2.ClHO4/c1-2-6-19-18(5-1)21-13-23(16-8-11-25-14-16,17-9-12-26-15-17)22(19)20-7-3-4-10-24(20)21;2-1(3,4)5/h1-12,14-15,21-22H,13H2;(H,2,3,4,5)/q+1;/p-1/t21-,22+;/m1./s1. The lowest BCUT2D eigenvalue weighted by molar-refractivity contribution is -2.00. The molecule has 2 bridgehead atoms. The van der Waals surface area contributed by atoms with E-state index in [4.69, 9.17) is 27.5 Å². The summed E-state index contributed by atoms with van der Waals surface area (Å²) in [4.78, 5) is 0. The van der Waals surface area contributed by atoms with Crippen LogP contribution in [0, 0.1) is 10.2 Å². The lowest BCUT2D eigenvalue weighted by Gasteiger charge is -2.48. The van der Waals surface area contributed by atoms with Crippen molar-refractivity contribution in [3.63, 3.8) is 0 Å². The second kappa shape index (κ2) is 7.33. The van der Waals surface area contributed by atoms with Crippen molar-refractivity contribution < 1.29 is 42.3 Å². The molecular formula is C23H18ClNO6. The van der Waals surface area contributed by atoms with E-state index in [2.05, 4.69) is 65.4 Å². The quantitative estimate of drug-likeness (QED) is 0.399. The number of hydrogen-bond donors (Lipinski definition) is 0. The fourth-order valence-corrected chi connectivity index (χ4v) is 5.31. The van der Waals surface area contributed by atoms with Crippen LogP contribution in [0.3, 0.4) is 0 Å². The number of furan rings is 2. The van der Waals surface area contributed by atoms with Gasteiger partial charge >= 0.3 is 0 Å². The molecule has 2 aliphatic heterocycles. The molecule has 0 unspecified atom stereocenters. The summed E-state index contributed by atoms with van der Waals surface area (Å²) < 4.78 is 47.5. The molecular weight excluding hydrogens is 422 g/mol. The van der Waals surface area contributed by atoms with Gasteiger partial charge in [-0.2, -0.15) is 4.57 Å². The first kappa shape index (κ1) is 20.0. The molecule has 0 N–H and O–H groups in total. The van der Waals surface area contributed by atoms with Crippen molar-refractivity contribution in [3.05, 3.63) is 114 Å². The third kappa shape index (κ3) is 3.27. The molecule has 3 aromatic heterocycles. The van der Waals surface area contributed by atoms with Gasteiger partial charge in [-0.25, -0.2) is 18.6 Å². The van der Waals surface area contributed by atoms with Gasteiger partial charge in [0, 0.05) is 35.2 Å². The summed E-state index contributed by atoms with van der Waals surface area (Å²) >= 11 is 0. The Labute approximate surface area is 180 Å². The van der Waals surface area contributed by atoms with Gasteiger partial charge in [-0.05, 0) is 17.7 Å². The zero-order valence-electron chi connectivity index (χ0n) is 16.2. The van der Waals surface area contributed by atoms with Crippen LogP contribution in [0.1, 0.15) is 46.3 Å². The third-order valence-electron chi connectivity index (χ3n) is 6.30. The van der Waals surface area contributed by atoms with Crippen LogP contribution in [0.5, 0.6) is 0 Å². The van der Waals surface area contributed by atoms with Gasteiger partial charge in [0.25, 0.3) is 0 Å². The molecule has 4 aromatic rings. The van der Waals surface area contributed by atoms with Crippen molar-refractivity contribution in [2.24, 2.45) is 0 Å². The second-order valence-corrected chi connectivity index (χ2v) is 8.44. The molecule has 158 valence electrons. The van der Waals surface area contributed by atoms with E-state index in [0.717, 1.165) is 6.42 Å². The molecule has 0 saturated heterocycles. The molecule has 3 aliphatic rings. The monoisotopic (exact) mass is 439 g/mol. The number of rotatable bonds is 2. The van der Waals surface area contributed by atoms with Crippen molar-refractivity contribution in [3.8, 4) is 0 Å². The van der Waals surface area contributed by atoms with Crippen LogP contribution in [-0.2, 0) is 5.41 Å². The molecule has 8 heteroatoms. The highest BCUT2D eigenvalue weighted by molar-refractivity contribution is 5.53. The summed E-state index contributed by atoms with van der Waals surface area (Å²) in [5.74, 6) is 0.222. The van der Waals surface area contributed by atoms with Crippen LogP contribution in [0.2, 0.25) is 0 Å². The van der Waals surface area contributed by atoms with Crippen LogP contribution in [0.15, 0.2) is 94.7 Å². The first-order chi connectivity index (χ1) is 14.9. The third-order valence-corrected chi connectivity index (χ3v) is 6.30. The van der Waals surface area contributed by atoms with Crippen LogP contribution >= 0.6 is 0 Å². The van der Waals surface area contributed by atoms with Gasteiger partial charge in [0.1, 0.15) is 0 Å². The SMILES string of the molecule is [O-][Cl+3]([O-])([O-])[O-].c1ccc2c(c1)[C@H]1c3cccc[n+]3[C@@H]2CC1(c1ccoc1)c1ccoc1. The van der Waals surface area contributed by atoms with E-state index in [-0.39, 0.29) is 11.3 Å². The molecule has 0 amide bonds. The molecule has 2 atom stereocenters. The number of hydrogen-bond acceptors (Lipinski definition) is 6. The summed E-state index contributed by atoms with van der Waals surface area (Å²) in [6.07, 6.45) is 10.6. The number of aromatic nitrogens is 1. The minimum Gasteiger partial charge on any atom is -0.472 e. The van der Waals surface area contributed by atoms with Gasteiger partial charge in [0.15, 0.2) is 17.9 Å². The van der Waals surface area contributed by atoms with E-state index < -0.39 is 10.2 Å². The number of halogens is 1. The van der Waals surface area contributed by atoms with Crippen LogP contribution < -0.4 is 23.2 Å². The van der Waals surface area contributed by atoms with E-state index in [0.29, 0.717) is 6.04 Å². The highest BCUT2D eigenvalue weighted by atomic mass is 35.7. The lowest BCUT2D eigenvalue weighted by atomic mass is 9.54. The summed E-state index contributed by atoms with van der Waals surface area (Å²) in [6, 6.07) is 20.0. The van der Waals surface area contributed by atoms with Crippen molar-refractivity contribution in [1.82, 2.24) is 0 Å². The average Bonchev–Trinajstić information content (AvgIpc) is 3.47. The van der Waals surface area contributed by atoms with Gasteiger partial charge in [-0.3, -0.25) is 0 Å². The van der Waals surface area contributed by atoms with Gasteiger partial charge in [0.2, 0.25) is 0 Å². The molecule has 31 heavy (non-hydrogen) atoms. The topological polar surface area (TPSA) is 122 Å². The first-order valence-electron chi connectivity index (χ1n) is 9.65. The predicted molar refractivity (Wildman–Crippen MR) is 95.9 cm³/mol. The summed E-state index contributed by atoms with van der Waals surface area (Å²) in [5.41, 5.74) is 6.46. The predicted octanol–water partition coefficient (Wildman–Crippen LogP) is -0.171. The van der Waals surface area contributed by atoms with Gasteiger partial charge in [0.05, 0.1) is 36.4 Å². The number of pyridine rings is 1. The maximum Gasteiger partial charge on any atom is 0.190 e. The Morgan fingerprint density at radius 3 is 1.97 bits per heavy atom. The molecule has 7 rings (SSSR count). The Balaban J connectivity index is 0.000000371. The average molecular weight is 440 g/mol. The Morgan fingerprint density at radius 1 is 0.806 bits per heavy atom. The summed E-state index contributed by atoms with van der Waals surface area (Å²) in [6.45, 7) is 0. The minimum absolute atomic E-state index is 0.180. The number of fused-ring (bicyclic) bond motifs is 1. The number of nitrogens with zero attached hydrogens (tertiary/aromatic N) is 1. The largest absolute Gasteiger partial charge is 0.472 e. The van der Waals surface area contributed by atoms with Gasteiger partial charge < -0.3 is 8.83 Å². The molecule has 7 nitrogen and oxygen atoms in total. The second-order valence-electron chi connectivity index (χ2n) is 7.69. The lowest BCUT2D eigenvalue weighted by Crippen LogP contribution is -2.68. The number of benzene rings is 1. The van der Waals surface area contributed by atoms with E-state index in [9.17, 15) is 0 Å². The fraction of sp³-hybridized carbons (Fsp3) is 0.174. The molecule has 0 fully saturated rings. The van der Waals surface area contributed by atoms with Crippen molar-refractivity contribution in [2.75, 3.05) is 0 Å². The summed E-state index contributed by atoms with van der Waals surface area (Å²) in [5, 5.41) is 0. The fourth-order valence-electron chi connectivity index (χ4n) is 5.31. The molecule has 5 heterocycles.